The molecule has 11 heteroatoms. The van der Waals surface area contributed by atoms with E-state index >= 15 is 0 Å². The van der Waals surface area contributed by atoms with Crippen LogP contribution >= 0.6 is 0 Å². The van der Waals surface area contributed by atoms with Gasteiger partial charge in [-0.15, -0.1) is 0 Å². The lowest BCUT2D eigenvalue weighted by Crippen LogP contribution is -2.56. The molecule has 1 fully saturated rings. The Morgan fingerprint density at radius 1 is 0.844 bits per heavy atom. The van der Waals surface area contributed by atoms with Crippen molar-refractivity contribution in [1.82, 2.24) is 15.1 Å². The summed E-state index contributed by atoms with van der Waals surface area (Å²) in [5.41, 5.74) is 8.19. The zero-order valence-electron chi connectivity index (χ0n) is 24.4. The standard InChI is InChI=1S/C34H32N4O7/c35-29(39)17-14-25(34(44)45-19-20-8-2-1-3-9-20)36-30(40)27-16-15-26-22-11-5-4-10-21(22)18-28(33(43)37(26)27)38-31(41)23-12-6-7-13-24(23)32(38)42/h1-13,25-28H,14-19H2,(H2,35,39)(H,36,40)/t25-,26+,27-,28-/m0/s1. The van der Waals surface area contributed by atoms with Crippen molar-refractivity contribution in [2.75, 3.05) is 0 Å². The molecule has 1 saturated heterocycles. The number of amides is 5. The number of esters is 1. The molecule has 3 heterocycles. The Hall–Kier alpha value is -5.32. The first-order valence-electron chi connectivity index (χ1n) is 14.9. The summed E-state index contributed by atoms with van der Waals surface area (Å²) in [4.78, 5) is 82.3. The molecule has 3 aliphatic heterocycles. The molecule has 45 heavy (non-hydrogen) atoms. The van der Waals surface area contributed by atoms with E-state index in [9.17, 15) is 28.8 Å². The number of fused-ring (bicyclic) bond motifs is 4. The topological polar surface area (TPSA) is 156 Å². The number of imide groups is 1. The van der Waals surface area contributed by atoms with Gasteiger partial charge in [0.05, 0.1) is 17.2 Å². The molecule has 0 saturated carbocycles. The van der Waals surface area contributed by atoms with Gasteiger partial charge >= 0.3 is 5.97 Å². The predicted molar refractivity (Wildman–Crippen MR) is 160 cm³/mol. The monoisotopic (exact) mass is 608 g/mol. The Bertz CT molecular complexity index is 1660. The smallest absolute Gasteiger partial charge is 0.328 e. The number of hydrogen-bond donors (Lipinski definition) is 2. The largest absolute Gasteiger partial charge is 0.459 e. The summed E-state index contributed by atoms with van der Waals surface area (Å²) in [6.45, 7) is -0.0303. The minimum Gasteiger partial charge on any atom is -0.459 e. The van der Waals surface area contributed by atoms with Crippen LogP contribution < -0.4 is 11.1 Å². The van der Waals surface area contributed by atoms with Crippen molar-refractivity contribution in [3.8, 4) is 0 Å². The molecule has 3 aliphatic rings. The Morgan fingerprint density at radius 2 is 1.49 bits per heavy atom. The maximum Gasteiger partial charge on any atom is 0.328 e. The Balaban J connectivity index is 1.27. The van der Waals surface area contributed by atoms with E-state index < -0.39 is 59.7 Å². The molecule has 3 aromatic carbocycles. The third-order valence-corrected chi connectivity index (χ3v) is 8.70. The van der Waals surface area contributed by atoms with Gasteiger partial charge in [0, 0.05) is 12.8 Å². The minimum atomic E-state index is -1.19. The number of ether oxygens (including phenoxy) is 1. The molecule has 0 aromatic heterocycles. The minimum absolute atomic E-state index is 0.0303. The number of carbonyl (C=O) groups excluding carboxylic acids is 6. The molecule has 0 spiro atoms. The zero-order valence-corrected chi connectivity index (χ0v) is 24.4. The highest BCUT2D eigenvalue weighted by molar-refractivity contribution is 6.23. The van der Waals surface area contributed by atoms with E-state index in [4.69, 9.17) is 10.5 Å². The van der Waals surface area contributed by atoms with Gasteiger partial charge in [-0.3, -0.25) is 28.9 Å². The lowest BCUT2D eigenvalue weighted by atomic mass is 9.96. The van der Waals surface area contributed by atoms with Crippen LogP contribution in [-0.2, 0) is 36.9 Å². The van der Waals surface area contributed by atoms with Crippen LogP contribution in [0, 0.1) is 0 Å². The molecule has 6 rings (SSSR count). The van der Waals surface area contributed by atoms with E-state index in [0.717, 1.165) is 21.6 Å². The van der Waals surface area contributed by atoms with Crippen molar-refractivity contribution >= 4 is 35.5 Å². The van der Waals surface area contributed by atoms with E-state index in [0.29, 0.717) is 6.42 Å². The summed E-state index contributed by atoms with van der Waals surface area (Å²) in [5, 5.41) is 2.70. The molecule has 3 aromatic rings. The second-order valence-corrected chi connectivity index (χ2v) is 11.5. The fraction of sp³-hybridized carbons (Fsp3) is 0.294. The normalized spacial score (nSPS) is 21.0. The van der Waals surface area contributed by atoms with Crippen LogP contribution in [0.3, 0.4) is 0 Å². The van der Waals surface area contributed by atoms with E-state index in [2.05, 4.69) is 5.32 Å². The summed E-state index contributed by atoms with van der Waals surface area (Å²) in [6, 6.07) is 19.1. The highest BCUT2D eigenvalue weighted by Gasteiger charge is 2.51. The number of nitrogens with one attached hydrogen (secondary N) is 1. The fourth-order valence-electron chi connectivity index (χ4n) is 6.52. The van der Waals surface area contributed by atoms with Gasteiger partial charge in [-0.05, 0) is 48.1 Å². The van der Waals surface area contributed by atoms with Crippen LogP contribution in [0.1, 0.15) is 69.1 Å². The average molecular weight is 609 g/mol. The van der Waals surface area contributed by atoms with Crippen molar-refractivity contribution in [1.29, 1.82) is 0 Å². The highest BCUT2D eigenvalue weighted by Crippen LogP contribution is 2.42. The summed E-state index contributed by atoms with van der Waals surface area (Å²) < 4.78 is 5.45. The van der Waals surface area contributed by atoms with Gasteiger partial charge in [-0.25, -0.2) is 4.79 Å². The zero-order chi connectivity index (χ0) is 31.7. The quantitative estimate of drug-likeness (QED) is 0.279. The van der Waals surface area contributed by atoms with E-state index in [1.807, 2.05) is 30.3 Å². The first-order valence-corrected chi connectivity index (χ1v) is 14.9. The highest BCUT2D eigenvalue weighted by atomic mass is 16.5. The van der Waals surface area contributed by atoms with Crippen LogP contribution in [0.25, 0.3) is 0 Å². The van der Waals surface area contributed by atoms with Crippen molar-refractivity contribution in [2.45, 2.75) is 62.9 Å². The third-order valence-electron chi connectivity index (χ3n) is 8.70. The van der Waals surface area contributed by atoms with Crippen molar-refractivity contribution in [3.05, 3.63) is 107 Å². The van der Waals surface area contributed by atoms with Crippen LogP contribution in [0.5, 0.6) is 0 Å². The molecular weight excluding hydrogens is 576 g/mol. The molecule has 3 N–H and O–H groups in total. The fourth-order valence-corrected chi connectivity index (χ4v) is 6.52. The van der Waals surface area contributed by atoms with Gasteiger partial charge in [-0.1, -0.05) is 66.7 Å². The predicted octanol–water partition coefficient (Wildman–Crippen LogP) is 2.43. The van der Waals surface area contributed by atoms with Crippen LogP contribution in [-0.4, -0.2) is 63.4 Å². The number of hydrogen-bond acceptors (Lipinski definition) is 7. The van der Waals surface area contributed by atoms with Gasteiger partial charge in [0.2, 0.25) is 17.7 Å². The number of carbonyl (C=O) groups is 6. The number of primary amides is 1. The van der Waals surface area contributed by atoms with Crippen LogP contribution in [0.15, 0.2) is 78.9 Å². The Labute approximate surface area is 259 Å². The van der Waals surface area contributed by atoms with Crippen LogP contribution in [0.4, 0.5) is 0 Å². The number of nitrogens with two attached hydrogens (primary N) is 1. The van der Waals surface area contributed by atoms with Gasteiger partial charge < -0.3 is 20.7 Å². The summed E-state index contributed by atoms with van der Waals surface area (Å²) in [6.07, 6.45) is 0.595. The molecule has 5 amide bonds. The summed E-state index contributed by atoms with van der Waals surface area (Å²) >= 11 is 0. The molecule has 0 aliphatic carbocycles. The molecular formula is C34H32N4O7. The molecule has 0 unspecified atom stereocenters. The van der Waals surface area contributed by atoms with E-state index in [1.54, 1.807) is 48.5 Å². The van der Waals surface area contributed by atoms with E-state index in [-0.39, 0.29) is 43.4 Å². The van der Waals surface area contributed by atoms with Crippen molar-refractivity contribution in [2.24, 2.45) is 5.73 Å². The average Bonchev–Trinajstić information content (AvgIpc) is 3.56. The molecule has 0 bridgehead atoms. The molecule has 4 atom stereocenters. The molecule has 230 valence electrons. The number of nitrogens with zero attached hydrogens (tertiary/aromatic N) is 2. The van der Waals surface area contributed by atoms with Crippen molar-refractivity contribution < 1.29 is 33.5 Å². The SMILES string of the molecule is NC(=O)CC[C@H](NC(=O)[C@@H]1CC[C@@H]2c3ccccc3C[C@H](N3C(=O)c4ccccc4C3=O)C(=O)N21)C(=O)OCc1ccccc1. The number of rotatable bonds is 9. The lowest BCUT2D eigenvalue weighted by molar-refractivity contribution is -0.150. The molecule has 0 radical (unpaired) electrons. The van der Waals surface area contributed by atoms with E-state index in [1.165, 1.54) is 4.90 Å². The summed E-state index contributed by atoms with van der Waals surface area (Å²) in [7, 11) is 0. The lowest BCUT2D eigenvalue weighted by Gasteiger charge is -2.33. The Morgan fingerprint density at radius 3 is 2.18 bits per heavy atom. The molecule has 11 nitrogen and oxygen atoms in total. The van der Waals surface area contributed by atoms with Gasteiger partial charge in [0.15, 0.2) is 0 Å². The van der Waals surface area contributed by atoms with Crippen LogP contribution in [0.2, 0.25) is 0 Å². The maximum absolute atomic E-state index is 14.4. The second-order valence-electron chi connectivity index (χ2n) is 11.5. The Kier molecular flexibility index (Phi) is 8.16. The first-order chi connectivity index (χ1) is 21.7. The van der Waals surface area contributed by atoms with Crippen molar-refractivity contribution in [3.63, 3.8) is 0 Å². The summed E-state index contributed by atoms with van der Waals surface area (Å²) in [5.74, 6) is -3.62. The maximum atomic E-state index is 14.4. The van der Waals surface area contributed by atoms with Gasteiger partial charge in [0.1, 0.15) is 24.7 Å². The van der Waals surface area contributed by atoms with Gasteiger partial charge in [-0.2, -0.15) is 0 Å². The third kappa shape index (κ3) is 5.68. The number of benzene rings is 3. The van der Waals surface area contributed by atoms with Gasteiger partial charge in [0.25, 0.3) is 11.8 Å². The second kappa shape index (κ2) is 12.4. The first kappa shape index (κ1) is 29.7.